The van der Waals surface area contributed by atoms with E-state index in [1.807, 2.05) is 0 Å². The van der Waals surface area contributed by atoms with E-state index in [-0.39, 0.29) is 13.0 Å². The minimum absolute atomic E-state index is 0.0159. The molecule has 62 valence electrons. The third-order valence-corrected chi connectivity index (χ3v) is 1.08. The average Bonchev–Trinajstić information content (AvgIpc) is 1.80. The first-order valence-electron chi connectivity index (χ1n) is 2.82. The van der Waals surface area contributed by atoms with Crippen LogP contribution in [-0.2, 0) is 4.74 Å². The van der Waals surface area contributed by atoms with Gasteiger partial charge >= 0.3 is 6.18 Å². The average molecular weight is 157 g/mol. The minimum Gasteiger partial charge on any atom is -0.372 e. The highest BCUT2D eigenvalue weighted by Crippen LogP contribution is 2.23. The first-order chi connectivity index (χ1) is 4.52. The number of methoxy groups -OCH3 is 1. The topological polar surface area (TPSA) is 35.2 Å². The van der Waals surface area contributed by atoms with Crippen LogP contribution in [0.25, 0.3) is 0 Å². The van der Waals surface area contributed by atoms with Crippen LogP contribution in [0.3, 0.4) is 0 Å². The summed E-state index contributed by atoms with van der Waals surface area (Å²) < 4.78 is 39.3. The van der Waals surface area contributed by atoms with Gasteiger partial charge in [-0.05, 0) is 13.0 Å². The molecule has 0 saturated carbocycles. The zero-order chi connectivity index (χ0) is 8.20. The van der Waals surface area contributed by atoms with Crippen LogP contribution in [0.15, 0.2) is 0 Å². The van der Waals surface area contributed by atoms with Crippen LogP contribution in [0.4, 0.5) is 13.2 Å². The Morgan fingerprint density at radius 3 is 2.10 bits per heavy atom. The smallest absolute Gasteiger partial charge is 0.372 e. The van der Waals surface area contributed by atoms with Crippen LogP contribution in [-0.4, -0.2) is 25.9 Å². The van der Waals surface area contributed by atoms with Crippen molar-refractivity contribution in [1.82, 2.24) is 0 Å². The van der Waals surface area contributed by atoms with Crippen LogP contribution in [0, 0.1) is 0 Å². The monoisotopic (exact) mass is 157 g/mol. The molecule has 0 spiro atoms. The van der Waals surface area contributed by atoms with Gasteiger partial charge in [0.25, 0.3) is 0 Å². The number of alkyl halides is 3. The molecule has 0 heterocycles. The lowest BCUT2D eigenvalue weighted by Crippen LogP contribution is -2.32. The van der Waals surface area contributed by atoms with E-state index < -0.39 is 12.3 Å². The van der Waals surface area contributed by atoms with Gasteiger partial charge in [-0.3, -0.25) is 0 Å². The Labute approximate surface area is 57.1 Å². The SMILES string of the molecule is CO[C@@H](CCN)C(F)(F)F. The summed E-state index contributed by atoms with van der Waals surface area (Å²) in [5.41, 5.74) is 4.92. The molecule has 0 aliphatic heterocycles. The maximum atomic E-state index is 11.7. The molecule has 0 aromatic carbocycles. The number of rotatable bonds is 3. The number of hydrogen-bond donors (Lipinski definition) is 1. The second-order valence-electron chi connectivity index (χ2n) is 1.84. The predicted molar refractivity (Wildman–Crippen MR) is 30.5 cm³/mol. The lowest BCUT2D eigenvalue weighted by Gasteiger charge is -2.17. The van der Waals surface area contributed by atoms with Gasteiger partial charge in [0.2, 0.25) is 0 Å². The van der Waals surface area contributed by atoms with Crippen molar-refractivity contribution in [2.75, 3.05) is 13.7 Å². The molecule has 0 aromatic heterocycles. The standard InChI is InChI=1S/C5H10F3NO/c1-10-4(2-3-9)5(6,7)8/h4H,2-3,9H2,1H3/t4-/m0/s1. The number of halogens is 3. The van der Waals surface area contributed by atoms with Crippen LogP contribution < -0.4 is 5.73 Å². The van der Waals surface area contributed by atoms with E-state index in [2.05, 4.69) is 4.74 Å². The van der Waals surface area contributed by atoms with Gasteiger partial charge in [0.15, 0.2) is 6.10 Å². The summed E-state index contributed by atoms with van der Waals surface area (Å²) in [6.07, 6.45) is -6.17. The third-order valence-electron chi connectivity index (χ3n) is 1.08. The van der Waals surface area contributed by atoms with Gasteiger partial charge < -0.3 is 10.5 Å². The molecule has 2 N–H and O–H groups in total. The molecule has 1 atom stereocenters. The van der Waals surface area contributed by atoms with Gasteiger partial charge in [-0.15, -0.1) is 0 Å². The molecule has 0 unspecified atom stereocenters. The Morgan fingerprint density at radius 2 is 2.00 bits per heavy atom. The lowest BCUT2D eigenvalue weighted by molar-refractivity contribution is -0.213. The zero-order valence-electron chi connectivity index (χ0n) is 5.61. The maximum Gasteiger partial charge on any atom is 0.414 e. The largest absolute Gasteiger partial charge is 0.414 e. The molecule has 2 nitrogen and oxygen atoms in total. The summed E-state index contributed by atoms with van der Waals surface area (Å²) in [6, 6.07) is 0. The van der Waals surface area contributed by atoms with Gasteiger partial charge in [0, 0.05) is 7.11 Å². The second-order valence-corrected chi connectivity index (χ2v) is 1.84. The molecule has 10 heavy (non-hydrogen) atoms. The molecular weight excluding hydrogens is 147 g/mol. The maximum absolute atomic E-state index is 11.7. The Balaban J connectivity index is 3.81. The van der Waals surface area contributed by atoms with E-state index in [1.165, 1.54) is 0 Å². The first-order valence-corrected chi connectivity index (χ1v) is 2.82. The fourth-order valence-electron chi connectivity index (χ4n) is 0.567. The molecule has 0 aromatic rings. The lowest BCUT2D eigenvalue weighted by atomic mass is 10.2. The Kier molecular flexibility index (Phi) is 3.67. The fraction of sp³-hybridized carbons (Fsp3) is 1.00. The summed E-state index contributed by atoms with van der Waals surface area (Å²) in [7, 11) is 1.02. The second kappa shape index (κ2) is 3.78. The van der Waals surface area contributed by atoms with Gasteiger partial charge in [0.05, 0.1) is 0 Å². The Bertz CT molecular complexity index is 93.4. The summed E-state index contributed by atoms with van der Waals surface area (Å²) in [6.45, 7) is -0.0159. The van der Waals surface area contributed by atoms with Crippen molar-refractivity contribution < 1.29 is 17.9 Å². The van der Waals surface area contributed by atoms with Gasteiger partial charge in [-0.2, -0.15) is 13.2 Å². The minimum atomic E-state index is -4.28. The van der Waals surface area contributed by atoms with Gasteiger partial charge in [-0.1, -0.05) is 0 Å². The number of nitrogens with two attached hydrogens (primary N) is 1. The number of hydrogen-bond acceptors (Lipinski definition) is 2. The van der Waals surface area contributed by atoms with Crippen molar-refractivity contribution in [3.63, 3.8) is 0 Å². The third kappa shape index (κ3) is 3.03. The van der Waals surface area contributed by atoms with Crippen molar-refractivity contribution in [2.45, 2.75) is 18.7 Å². The predicted octanol–water partition coefficient (Wildman–Crippen LogP) is 0.912. The van der Waals surface area contributed by atoms with E-state index >= 15 is 0 Å². The highest BCUT2D eigenvalue weighted by Gasteiger charge is 2.38. The molecule has 0 fully saturated rings. The van der Waals surface area contributed by atoms with E-state index in [4.69, 9.17) is 5.73 Å². The molecule has 0 amide bonds. The highest BCUT2D eigenvalue weighted by atomic mass is 19.4. The molecule has 5 heteroatoms. The molecule has 0 saturated heterocycles. The molecule has 0 aliphatic rings. The van der Waals surface area contributed by atoms with Crippen molar-refractivity contribution in [3.05, 3.63) is 0 Å². The Hall–Kier alpha value is -0.290. The first kappa shape index (κ1) is 9.71. The zero-order valence-corrected chi connectivity index (χ0v) is 5.61. The highest BCUT2D eigenvalue weighted by molar-refractivity contribution is 4.66. The van der Waals surface area contributed by atoms with E-state index in [0.717, 1.165) is 7.11 Å². The molecule has 0 aliphatic carbocycles. The van der Waals surface area contributed by atoms with Gasteiger partial charge in [0.1, 0.15) is 0 Å². The molecule has 0 rings (SSSR count). The van der Waals surface area contributed by atoms with Crippen LogP contribution >= 0.6 is 0 Å². The molecule has 0 radical (unpaired) electrons. The quantitative estimate of drug-likeness (QED) is 0.660. The van der Waals surface area contributed by atoms with Crippen molar-refractivity contribution in [2.24, 2.45) is 5.73 Å². The van der Waals surface area contributed by atoms with Crippen LogP contribution in [0.5, 0.6) is 0 Å². The van der Waals surface area contributed by atoms with Crippen molar-refractivity contribution >= 4 is 0 Å². The summed E-state index contributed by atoms with van der Waals surface area (Å²) in [5, 5.41) is 0. The van der Waals surface area contributed by atoms with Crippen LogP contribution in [0.2, 0.25) is 0 Å². The van der Waals surface area contributed by atoms with E-state index in [9.17, 15) is 13.2 Å². The van der Waals surface area contributed by atoms with E-state index in [1.54, 1.807) is 0 Å². The molecular formula is C5H10F3NO. The normalized spacial score (nSPS) is 15.3. The van der Waals surface area contributed by atoms with E-state index in [0.29, 0.717) is 0 Å². The van der Waals surface area contributed by atoms with Crippen molar-refractivity contribution in [3.8, 4) is 0 Å². The van der Waals surface area contributed by atoms with Crippen molar-refractivity contribution in [1.29, 1.82) is 0 Å². The summed E-state index contributed by atoms with van der Waals surface area (Å²) in [5.74, 6) is 0. The van der Waals surface area contributed by atoms with Gasteiger partial charge in [-0.25, -0.2) is 0 Å². The van der Waals surface area contributed by atoms with Crippen LogP contribution in [0.1, 0.15) is 6.42 Å². The number of ether oxygens (including phenoxy) is 1. The summed E-state index contributed by atoms with van der Waals surface area (Å²) in [4.78, 5) is 0. The fourth-order valence-corrected chi connectivity index (χ4v) is 0.567. The molecule has 0 bridgehead atoms. The Morgan fingerprint density at radius 1 is 1.50 bits per heavy atom. The summed E-state index contributed by atoms with van der Waals surface area (Å²) >= 11 is 0.